The lowest BCUT2D eigenvalue weighted by Gasteiger charge is -2.15. The van der Waals surface area contributed by atoms with Crippen LogP contribution in [0, 0.1) is 6.92 Å². The molecule has 0 atom stereocenters. The molecule has 0 aromatic carbocycles. The molecule has 0 aliphatic carbocycles. The predicted octanol–water partition coefficient (Wildman–Crippen LogP) is 1.75. The molecule has 0 aliphatic rings. The molecule has 1 heterocycles. The summed E-state index contributed by atoms with van der Waals surface area (Å²) >= 11 is 1.74. The third kappa shape index (κ3) is 2.77. The zero-order valence-electron chi connectivity index (χ0n) is 9.21. The van der Waals surface area contributed by atoms with Gasteiger partial charge in [0.05, 0.1) is 12.2 Å². The van der Waals surface area contributed by atoms with E-state index in [1.807, 2.05) is 6.92 Å². The molecule has 2 N–H and O–H groups in total. The highest BCUT2D eigenvalue weighted by molar-refractivity contribution is 7.11. The van der Waals surface area contributed by atoms with E-state index in [1.54, 1.807) is 11.3 Å². The number of nitrogens with two attached hydrogens (primary N) is 1. The van der Waals surface area contributed by atoms with Gasteiger partial charge in [-0.25, -0.2) is 4.98 Å². The molecule has 0 spiro atoms. The van der Waals surface area contributed by atoms with Gasteiger partial charge in [-0.3, -0.25) is 4.90 Å². The summed E-state index contributed by atoms with van der Waals surface area (Å²) in [7, 11) is 0. The Hall–Kier alpha value is -0.450. The number of hydrogen-bond acceptors (Lipinski definition) is 4. The van der Waals surface area contributed by atoms with Crippen LogP contribution in [0.2, 0.25) is 0 Å². The van der Waals surface area contributed by atoms with Crippen LogP contribution in [-0.2, 0) is 13.1 Å². The molecule has 1 aromatic rings. The van der Waals surface area contributed by atoms with E-state index >= 15 is 0 Å². The molecule has 0 bridgehead atoms. The lowest BCUT2D eigenvalue weighted by Crippen LogP contribution is -2.21. The zero-order chi connectivity index (χ0) is 10.6. The monoisotopic (exact) mass is 213 g/mol. The minimum Gasteiger partial charge on any atom is -0.326 e. The van der Waals surface area contributed by atoms with Gasteiger partial charge in [-0.2, -0.15) is 0 Å². The molecule has 0 fully saturated rings. The van der Waals surface area contributed by atoms with Crippen LogP contribution in [0.4, 0.5) is 0 Å². The topological polar surface area (TPSA) is 42.2 Å². The van der Waals surface area contributed by atoms with E-state index in [4.69, 9.17) is 5.73 Å². The molecular formula is C10H19N3S. The summed E-state index contributed by atoms with van der Waals surface area (Å²) in [4.78, 5) is 8.09. The van der Waals surface area contributed by atoms with Crippen molar-refractivity contribution in [3.63, 3.8) is 0 Å². The molecule has 0 unspecified atom stereocenters. The van der Waals surface area contributed by atoms with Gasteiger partial charge in [0.15, 0.2) is 0 Å². The Kier molecular flexibility index (Phi) is 4.51. The van der Waals surface area contributed by atoms with Gasteiger partial charge in [0.2, 0.25) is 0 Å². The summed E-state index contributed by atoms with van der Waals surface area (Å²) in [6.07, 6.45) is 0. The fraction of sp³-hybridized carbons (Fsp3) is 0.700. The Morgan fingerprint density at radius 1 is 1.36 bits per heavy atom. The molecular weight excluding hydrogens is 194 g/mol. The summed E-state index contributed by atoms with van der Waals surface area (Å²) < 4.78 is 0. The molecule has 80 valence electrons. The lowest BCUT2D eigenvalue weighted by atomic mass is 10.4. The number of hydrogen-bond donors (Lipinski definition) is 1. The van der Waals surface area contributed by atoms with Gasteiger partial charge < -0.3 is 5.73 Å². The summed E-state index contributed by atoms with van der Waals surface area (Å²) in [5.41, 5.74) is 6.71. The van der Waals surface area contributed by atoms with Gasteiger partial charge >= 0.3 is 0 Å². The second-order valence-electron chi connectivity index (χ2n) is 3.28. The van der Waals surface area contributed by atoms with Crippen molar-refractivity contribution in [2.75, 3.05) is 13.1 Å². The Morgan fingerprint density at radius 2 is 2.00 bits per heavy atom. The van der Waals surface area contributed by atoms with E-state index in [0.717, 1.165) is 25.3 Å². The van der Waals surface area contributed by atoms with Crippen LogP contribution in [0.5, 0.6) is 0 Å². The van der Waals surface area contributed by atoms with Crippen LogP contribution in [0.25, 0.3) is 0 Å². The van der Waals surface area contributed by atoms with Gasteiger partial charge in [0, 0.05) is 11.4 Å². The molecule has 0 aliphatic heterocycles. The average molecular weight is 213 g/mol. The molecule has 1 aromatic heterocycles. The fourth-order valence-electron chi connectivity index (χ4n) is 1.38. The molecule has 0 saturated carbocycles. The van der Waals surface area contributed by atoms with E-state index in [0.29, 0.717) is 6.54 Å². The summed E-state index contributed by atoms with van der Waals surface area (Å²) in [6.45, 7) is 10.1. The number of rotatable bonds is 5. The quantitative estimate of drug-likeness (QED) is 0.810. The smallest absolute Gasteiger partial charge is 0.107 e. The molecule has 3 nitrogen and oxygen atoms in total. The first-order valence-corrected chi connectivity index (χ1v) is 5.90. The van der Waals surface area contributed by atoms with Crippen LogP contribution in [0.15, 0.2) is 0 Å². The second kappa shape index (κ2) is 5.44. The number of aromatic nitrogens is 1. The van der Waals surface area contributed by atoms with Crippen molar-refractivity contribution < 1.29 is 0 Å². The van der Waals surface area contributed by atoms with Crippen LogP contribution >= 0.6 is 11.3 Å². The van der Waals surface area contributed by atoms with Crippen molar-refractivity contribution in [2.24, 2.45) is 5.73 Å². The van der Waals surface area contributed by atoms with Gasteiger partial charge in [0.25, 0.3) is 0 Å². The minimum absolute atomic E-state index is 0.613. The molecule has 0 amide bonds. The van der Waals surface area contributed by atoms with E-state index in [2.05, 4.69) is 23.7 Å². The highest BCUT2D eigenvalue weighted by atomic mass is 32.1. The normalized spacial score (nSPS) is 11.2. The fourth-order valence-corrected chi connectivity index (χ4v) is 2.37. The standard InChI is InChI=1S/C10H19N3S/c1-4-13(5-2)7-10-12-8(3)9(6-11)14-10/h4-7,11H2,1-3H3. The SMILES string of the molecule is CCN(CC)Cc1nc(C)c(CN)s1. The predicted molar refractivity (Wildman–Crippen MR) is 61.4 cm³/mol. The molecule has 14 heavy (non-hydrogen) atoms. The first-order valence-electron chi connectivity index (χ1n) is 5.08. The maximum atomic E-state index is 5.62. The second-order valence-corrected chi connectivity index (χ2v) is 4.45. The van der Waals surface area contributed by atoms with Gasteiger partial charge in [-0.05, 0) is 20.0 Å². The number of thiazole rings is 1. The minimum atomic E-state index is 0.613. The van der Waals surface area contributed by atoms with E-state index in [9.17, 15) is 0 Å². The van der Waals surface area contributed by atoms with Crippen molar-refractivity contribution in [1.29, 1.82) is 0 Å². The average Bonchev–Trinajstić information content (AvgIpc) is 2.55. The highest BCUT2D eigenvalue weighted by Crippen LogP contribution is 2.18. The number of nitrogens with zero attached hydrogens (tertiary/aromatic N) is 2. The Bertz CT molecular complexity index is 279. The summed E-state index contributed by atoms with van der Waals surface area (Å²) in [6, 6.07) is 0. The first-order chi connectivity index (χ1) is 6.71. The van der Waals surface area contributed by atoms with Gasteiger partial charge in [-0.15, -0.1) is 11.3 Å². The summed E-state index contributed by atoms with van der Waals surface area (Å²) in [5, 5.41) is 1.19. The molecule has 4 heteroatoms. The third-order valence-corrected chi connectivity index (χ3v) is 3.54. The van der Waals surface area contributed by atoms with Crippen LogP contribution in [-0.4, -0.2) is 23.0 Å². The highest BCUT2D eigenvalue weighted by Gasteiger charge is 2.08. The van der Waals surface area contributed by atoms with Crippen molar-refractivity contribution in [3.8, 4) is 0 Å². The van der Waals surface area contributed by atoms with E-state index < -0.39 is 0 Å². The summed E-state index contributed by atoms with van der Waals surface area (Å²) in [5.74, 6) is 0. The lowest BCUT2D eigenvalue weighted by molar-refractivity contribution is 0.295. The van der Waals surface area contributed by atoms with Crippen LogP contribution < -0.4 is 5.73 Å². The van der Waals surface area contributed by atoms with Gasteiger partial charge in [0.1, 0.15) is 5.01 Å². The van der Waals surface area contributed by atoms with E-state index in [1.165, 1.54) is 9.88 Å². The Morgan fingerprint density at radius 3 is 2.43 bits per heavy atom. The van der Waals surface area contributed by atoms with Gasteiger partial charge in [-0.1, -0.05) is 13.8 Å². The van der Waals surface area contributed by atoms with Crippen LogP contribution in [0.3, 0.4) is 0 Å². The van der Waals surface area contributed by atoms with Crippen LogP contribution in [0.1, 0.15) is 29.4 Å². The van der Waals surface area contributed by atoms with Crippen molar-refractivity contribution in [1.82, 2.24) is 9.88 Å². The maximum Gasteiger partial charge on any atom is 0.107 e. The molecule has 0 saturated heterocycles. The van der Waals surface area contributed by atoms with Crippen molar-refractivity contribution in [2.45, 2.75) is 33.9 Å². The van der Waals surface area contributed by atoms with E-state index in [-0.39, 0.29) is 0 Å². The largest absolute Gasteiger partial charge is 0.326 e. The Labute approximate surface area is 89.9 Å². The zero-order valence-corrected chi connectivity index (χ0v) is 10.0. The number of aryl methyl sites for hydroxylation is 1. The maximum absolute atomic E-state index is 5.62. The van der Waals surface area contributed by atoms with Crippen molar-refractivity contribution >= 4 is 11.3 Å². The Balaban J connectivity index is 2.67. The first kappa shape index (κ1) is 11.6. The third-order valence-electron chi connectivity index (χ3n) is 2.38. The molecule has 0 radical (unpaired) electrons. The van der Waals surface area contributed by atoms with Crippen molar-refractivity contribution in [3.05, 3.63) is 15.6 Å². The molecule has 1 rings (SSSR count).